The zero-order valence-corrected chi connectivity index (χ0v) is 12.7. The molecule has 2 aromatic rings. The first-order chi connectivity index (χ1) is 11.0. The predicted molar refractivity (Wildman–Crippen MR) is 78.0 cm³/mol. The highest BCUT2D eigenvalue weighted by Gasteiger charge is 2.43. The maximum absolute atomic E-state index is 13.0. The van der Waals surface area contributed by atoms with Gasteiger partial charge in [-0.15, -0.1) is 0 Å². The van der Waals surface area contributed by atoms with E-state index in [9.17, 15) is 14.0 Å². The summed E-state index contributed by atoms with van der Waals surface area (Å²) in [5.41, 5.74) is 0.460. The van der Waals surface area contributed by atoms with Gasteiger partial charge in [0, 0.05) is 12.1 Å². The van der Waals surface area contributed by atoms with Gasteiger partial charge in [0.05, 0.1) is 6.54 Å². The lowest BCUT2D eigenvalue weighted by Crippen LogP contribution is -2.33. The number of aromatic nitrogens is 2. The molecule has 1 fully saturated rings. The van der Waals surface area contributed by atoms with Crippen LogP contribution in [-0.2, 0) is 17.8 Å². The van der Waals surface area contributed by atoms with Crippen LogP contribution in [0.15, 0.2) is 28.8 Å². The van der Waals surface area contributed by atoms with Crippen LogP contribution in [0, 0.1) is 5.82 Å². The third-order valence-electron chi connectivity index (χ3n) is 3.66. The Labute approximate surface area is 131 Å². The fraction of sp³-hybridized carbons (Fsp3) is 0.333. The van der Waals surface area contributed by atoms with Crippen molar-refractivity contribution in [2.75, 3.05) is 4.90 Å². The van der Waals surface area contributed by atoms with Crippen LogP contribution in [0.2, 0.25) is 0 Å². The second-order valence-electron chi connectivity index (χ2n) is 5.19. The highest BCUT2D eigenvalue weighted by atomic mass is 19.1. The number of rotatable bonds is 4. The smallest absolute Gasteiger partial charge is 0.332 e. The summed E-state index contributed by atoms with van der Waals surface area (Å²) in [4.78, 5) is 31.4. The van der Waals surface area contributed by atoms with E-state index in [4.69, 9.17) is 4.52 Å². The summed E-state index contributed by atoms with van der Waals surface area (Å²) in [5.74, 6) is -0.0449. The van der Waals surface area contributed by atoms with Crippen LogP contribution in [0.5, 0.6) is 0 Å². The second-order valence-corrected chi connectivity index (χ2v) is 5.19. The maximum atomic E-state index is 13.0. The van der Waals surface area contributed by atoms with Crippen LogP contribution in [0.3, 0.4) is 0 Å². The predicted octanol–water partition coefficient (Wildman–Crippen LogP) is 2.13. The minimum atomic E-state index is -0.675. The molecule has 0 radical (unpaired) electrons. The lowest BCUT2D eigenvalue weighted by molar-refractivity contribution is -0.127. The Balaban J connectivity index is 1.84. The highest BCUT2D eigenvalue weighted by molar-refractivity contribution is 6.13. The molecule has 1 atom stereocenters. The number of aryl methyl sites for hydroxylation is 1. The summed E-state index contributed by atoms with van der Waals surface area (Å²) in [6.45, 7) is 3.43. The van der Waals surface area contributed by atoms with Gasteiger partial charge in [-0.3, -0.25) is 14.6 Å². The van der Waals surface area contributed by atoms with Crippen molar-refractivity contribution in [2.45, 2.75) is 32.9 Å². The van der Waals surface area contributed by atoms with Gasteiger partial charge in [0.15, 0.2) is 5.82 Å². The van der Waals surface area contributed by atoms with Gasteiger partial charge in [-0.25, -0.2) is 9.18 Å². The van der Waals surface area contributed by atoms with Crippen molar-refractivity contribution >= 4 is 17.6 Å². The zero-order chi connectivity index (χ0) is 16.6. The maximum Gasteiger partial charge on any atom is 0.332 e. The van der Waals surface area contributed by atoms with Crippen LogP contribution in [0.25, 0.3) is 0 Å². The van der Waals surface area contributed by atoms with E-state index < -0.39 is 17.9 Å². The van der Waals surface area contributed by atoms with Crippen LogP contribution in [0.1, 0.15) is 25.6 Å². The normalized spacial score (nSPS) is 18.1. The average Bonchev–Trinajstić information content (AvgIpc) is 3.08. The molecule has 7 nitrogen and oxygen atoms in total. The molecule has 1 aliphatic heterocycles. The van der Waals surface area contributed by atoms with Crippen molar-refractivity contribution in [3.8, 4) is 0 Å². The van der Waals surface area contributed by atoms with Gasteiger partial charge in [-0.2, -0.15) is 4.98 Å². The molecule has 0 aliphatic carbocycles. The van der Waals surface area contributed by atoms with E-state index >= 15 is 0 Å². The van der Waals surface area contributed by atoms with Gasteiger partial charge < -0.3 is 4.52 Å². The molecule has 3 rings (SSSR count). The number of hydrogen-bond donors (Lipinski definition) is 0. The quantitative estimate of drug-likeness (QED) is 0.807. The van der Waals surface area contributed by atoms with Crippen LogP contribution in [-0.4, -0.2) is 33.0 Å². The van der Waals surface area contributed by atoms with Gasteiger partial charge in [0.1, 0.15) is 11.9 Å². The summed E-state index contributed by atoms with van der Waals surface area (Å²) in [6.07, 6.45) is 0.576. The fourth-order valence-electron chi connectivity index (χ4n) is 2.45. The second kappa shape index (κ2) is 5.79. The summed E-state index contributed by atoms with van der Waals surface area (Å²) < 4.78 is 18.0. The molecule has 1 aromatic carbocycles. The number of urea groups is 1. The van der Waals surface area contributed by atoms with E-state index in [1.165, 1.54) is 29.2 Å². The molecule has 0 bridgehead atoms. The van der Waals surface area contributed by atoms with Gasteiger partial charge in [-0.1, -0.05) is 12.1 Å². The van der Waals surface area contributed by atoms with Crippen molar-refractivity contribution in [1.82, 2.24) is 15.0 Å². The number of anilines is 1. The number of carbonyl (C=O) groups excluding carboxylic acids is 2. The van der Waals surface area contributed by atoms with E-state index in [1.54, 1.807) is 6.92 Å². The third kappa shape index (κ3) is 2.67. The van der Waals surface area contributed by atoms with Crippen LogP contribution >= 0.6 is 0 Å². The molecular formula is C15H15FN4O3. The lowest BCUT2D eigenvalue weighted by atomic mass is 10.2. The molecule has 0 N–H and O–H groups in total. The van der Waals surface area contributed by atoms with E-state index in [2.05, 4.69) is 10.1 Å². The zero-order valence-electron chi connectivity index (χ0n) is 12.7. The summed E-state index contributed by atoms with van der Waals surface area (Å²) >= 11 is 0. The van der Waals surface area contributed by atoms with E-state index in [1.807, 2.05) is 6.92 Å². The third-order valence-corrected chi connectivity index (χ3v) is 3.66. The van der Waals surface area contributed by atoms with Crippen molar-refractivity contribution < 1.29 is 18.5 Å². The topological polar surface area (TPSA) is 79.5 Å². The minimum absolute atomic E-state index is 0.0524. The molecule has 0 saturated carbocycles. The van der Waals surface area contributed by atoms with Gasteiger partial charge >= 0.3 is 6.03 Å². The van der Waals surface area contributed by atoms with Crippen molar-refractivity contribution in [2.24, 2.45) is 0 Å². The molecule has 120 valence electrons. The number of hydrogen-bond acceptors (Lipinski definition) is 5. The van der Waals surface area contributed by atoms with Gasteiger partial charge in [0.2, 0.25) is 5.89 Å². The number of halogens is 1. The molecule has 1 unspecified atom stereocenters. The Kier molecular flexibility index (Phi) is 3.81. The molecule has 1 aromatic heterocycles. The summed E-state index contributed by atoms with van der Waals surface area (Å²) in [6, 6.07) is 4.25. The largest absolute Gasteiger partial charge is 0.339 e. The number of carbonyl (C=O) groups is 2. The molecule has 2 heterocycles. The Hall–Kier alpha value is -2.77. The first-order valence-electron chi connectivity index (χ1n) is 7.23. The Morgan fingerprint density at radius 3 is 2.57 bits per heavy atom. The molecule has 1 aliphatic rings. The molecule has 0 spiro atoms. The molecule has 3 amide bonds. The van der Waals surface area contributed by atoms with Crippen molar-refractivity contribution in [3.05, 3.63) is 41.8 Å². The summed E-state index contributed by atoms with van der Waals surface area (Å²) in [5, 5.41) is 3.75. The number of amides is 3. The van der Waals surface area contributed by atoms with E-state index in [0.29, 0.717) is 18.0 Å². The monoisotopic (exact) mass is 318 g/mol. The number of imide groups is 1. The first-order valence-corrected chi connectivity index (χ1v) is 7.23. The number of nitrogens with zero attached hydrogens (tertiary/aromatic N) is 4. The number of benzene rings is 1. The SMILES string of the molecule is CCc1nc(CN2C(=O)C(C)N(c3ccc(F)cc3)C2=O)no1. The Morgan fingerprint density at radius 2 is 1.96 bits per heavy atom. The molecule has 23 heavy (non-hydrogen) atoms. The highest BCUT2D eigenvalue weighted by Crippen LogP contribution is 2.26. The first kappa shape index (κ1) is 15.1. The molecule has 8 heteroatoms. The lowest BCUT2D eigenvalue weighted by Gasteiger charge is -2.19. The van der Waals surface area contributed by atoms with Crippen molar-refractivity contribution in [1.29, 1.82) is 0 Å². The van der Waals surface area contributed by atoms with Crippen LogP contribution in [0.4, 0.5) is 14.9 Å². The van der Waals surface area contributed by atoms with Gasteiger partial charge in [0.25, 0.3) is 5.91 Å². The van der Waals surface area contributed by atoms with Gasteiger partial charge in [-0.05, 0) is 31.2 Å². The Morgan fingerprint density at radius 1 is 1.26 bits per heavy atom. The average molecular weight is 318 g/mol. The minimum Gasteiger partial charge on any atom is -0.339 e. The molecule has 1 saturated heterocycles. The fourth-order valence-corrected chi connectivity index (χ4v) is 2.45. The van der Waals surface area contributed by atoms with Crippen molar-refractivity contribution in [3.63, 3.8) is 0 Å². The van der Waals surface area contributed by atoms with Crippen LogP contribution < -0.4 is 4.90 Å². The standard InChI is InChI=1S/C15H15FN4O3/c1-3-13-17-12(18-23-13)8-19-14(21)9(2)20(15(19)22)11-6-4-10(16)5-7-11/h4-7,9H,3,8H2,1-2H3. The molecular weight excluding hydrogens is 303 g/mol. The Bertz CT molecular complexity index is 743. The van der Waals surface area contributed by atoms with E-state index in [-0.39, 0.29) is 18.3 Å². The summed E-state index contributed by atoms with van der Waals surface area (Å²) in [7, 11) is 0. The van der Waals surface area contributed by atoms with E-state index in [0.717, 1.165) is 4.90 Å².